The lowest BCUT2D eigenvalue weighted by molar-refractivity contribution is -0.944. The van der Waals surface area contributed by atoms with Crippen molar-refractivity contribution in [1.29, 1.82) is 0 Å². The van der Waals surface area contributed by atoms with E-state index in [0.29, 0.717) is 12.6 Å². The summed E-state index contributed by atoms with van der Waals surface area (Å²) in [5.41, 5.74) is 3.00. The number of aryl methyl sites for hydroxylation is 1. The Morgan fingerprint density at radius 1 is 1.29 bits per heavy atom. The van der Waals surface area contributed by atoms with Gasteiger partial charge in [0.15, 0.2) is 5.43 Å². The molecule has 0 aliphatic carbocycles. The lowest BCUT2D eigenvalue weighted by Crippen LogP contribution is -3.15. The molecule has 1 aromatic carbocycles. The zero-order valence-corrected chi connectivity index (χ0v) is 15.1. The number of hydrogen-bond acceptors (Lipinski definition) is 2. The number of quaternary nitrogens is 1. The number of nitrogens with one attached hydrogen (secondary N) is 2. The van der Waals surface area contributed by atoms with E-state index >= 15 is 0 Å². The molecule has 4 heteroatoms. The Hall–Kier alpha value is -1.81. The third-order valence-electron chi connectivity index (χ3n) is 5.37. The molecule has 0 amide bonds. The fourth-order valence-corrected chi connectivity index (χ4v) is 4.00. The van der Waals surface area contributed by atoms with Gasteiger partial charge < -0.3 is 14.6 Å². The zero-order valence-electron chi connectivity index (χ0n) is 15.1. The molecule has 0 saturated carbocycles. The first-order valence-corrected chi connectivity index (χ1v) is 9.27. The molecule has 2 heterocycles. The Balaban J connectivity index is 1.99. The van der Waals surface area contributed by atoms with Gasteiger partial charge in [-0.1, -0.05) is 6.92 Å². The Morgan fingerprint density at radius 2 is 2.12 bits per heavy atom. The van der Waals surface area contributed by atoms with E-state index in [1.807, 2.05) is 32.0 Å². The first-order chi connectivity index (χ1) is 11.6. The molecule has 4 nitrogen and oxygen atoms in total. The Morgan fingerprint density at radius 3 is 2.88 bits per heavy atom. The van der Waals surface area contributed by atoms with Gasteiger partial charge >= 0.3 is 0 Å². The number of aromatic nitrogens is 1. The highest BCUT2D eigenvalue weighted by Gasteiger charge is 2.26. The van der Waals surface area contributed by atoms with Crippen LogP contribution in [-0.4, -0.2) is 24.2 Å². The van der Waals surface area contributed by atoms with Crippen LogP contribution in [0.1, 0.15) is 50.8 Å². The molecule has 0 spiro atoms. The summed E-state index contributed by atoms with van der Waals surface area (Å²) < 4.78 is 5.57. The van der Waals surface area contributed by atoms with E-state index in [-0.39, 0.29) is 5.43 Å². The maximum absolute atomic E-state index is 13.1. The maximum atomic E-state index is 13.1. The molecule has 1 unspecified atom stereocenters. The second kappa shape index (κ2) is 7.39. The number of rotatable bonds is 5. The lowest BCUT2D eigenvalue weighted by atomic mass is 9.98. The molecule has 3 rings (SSSR count). The van der Waals surface area contributed by atoms with Gasteiger partial charge in [0.25, 0.3) is 0 Å². The highest BCUT2D eigenvalue weighted by molar-refractivity contribution is 5.81. The van der Waals surface area contributed by atoms with Crippen molar-refractivity contribution in [2.75, 3.05) is 13.2 Å². The van der Waals surface area contributed by atoms with Gasteiger partial charge in [-0.15, -0.1) is 0 Å². The van der Waals surface area contributed by atoms with Gasteiger partial charge in [0.1, 0.15) is 12.3 Å². The van der Waals surface area contributed by atoms with Crippen LogP contribution in [0.5, 0.6) is 5.75 Å². The highest BCUT2D eigenvalue weighted by Crippen LogP contribution is 2.18. The van der Waals surface area contributed by atoms with Crippen molar-refractivity contribution in [3.05, 3.63) is 39.7 Å². The molecule has 24 heavy (non-hydrogen) atoms. The van der Waals surface area contributed by atoms with E-state index in [9.17, 15) is 4.79 Å². The first kappa shape index (κ1) is 17.0. The number of ether oxygens (including phenoxy) is 1. The third-order valence-corrected chi connectivity index (χ3v) is 5.37. The van der Waals surface area contributed by atoms with Gasteiger partial charge in [-0.3, -0.25) is 4.79 Å². The second-order valence-corrected chi connectivity index (χ2v) is 6.88. The fourth-order valence-electron chi connectivity index (χ4n) is 4.00. The average molecular weight is 329 g/mol. The zero-order chi connectivity index (χ0) is 17.1. The monoisotopic (exact) mass is 329 g/mol. The van der Waals surface area contributed by atoms with Crippen molar-refractivity contribution in [2.45, 2.75) is 59.0 Å². The minimum atomic E-state index is 0.163. The van der Waals surface area contributed by atoms with Crippen LogP contribution in [0.4, 0.5) is 0 Å². The van der Waals surface area contributed by atoms with Crippen LogP contribution in [0.25, 0.3) is 10.9 Å². The van der Waals surface area contributed by atoms with Gasteiger partial charge in [0, 0.05) is 16.6 Å². The summed E-state index contributed by atoms with van der Waals surface area (Å²) >= 11 is 0. The van der Waals surface area contributed by atoms with Crippen LogP contribution in [-0.2, 0) is 6.54 Å². The highest BCUT2D eigenvalue weighted by atomic mass is 16.5. The van der Waals surface area contributed by atoms with Crippen LogP contribution in [0, 0.1) is 6.92 Å². The minimum absolute atomic E-state index is 0.163. The molecular formula is C20H29N2O2+. The molecule has 1 aliphatic rings. The number of likely N-dealkylation sites (tertiary alicyclic amines) is 1. The average Bonchev–Trinajstić information content (AvgIpc) is 2.60. The van der Waals surface area contributed by atoms with Crippen molar-refractivity contribution in [3.63, 3.8) is 0 Å². The van der Waals surface area contributed by atoms with E-state index in [1.54, 1.807) is 4.90 Å². The van der Waals surface area contributed by atoms with Crippen molar-refractivity contribution >= 4 is 10.9 Å². The molecule has 0 radical (unpaired) electrons. The summed E-state index contributed by atoms with van der Waals surface area (Å²) in [5, 5.41) is 0.742. The van der Waals surface area contributed by atoms with E-state index in [0.717, 1.165) is 34.5 Å². The quantitative estimate of drug-likeness (QED) is 0.886. The van der Waals surface area contributed by atoms with E-state index in [1.165, 1.54) is 32.2 Å². The van der Waals surface area contributed by atoms with Crippen molar-refractivity contribution in [1.82, 2.24) is 4.98 Å². The van der Waals surface area contributed by atoms with Gasteiger partial charge in [0.05, 0.1) is 24.8 Å². The van der Waals surface area contributed by atoms with Crippen LogP contribution in [0.2, 0.25) is 0 Å². The molecule has 1 fully saturated rings. The van der Waals surface area contributed by atoms with Crippen LogP contribution < -0.4 is 15.1 Å². The lowest BCUT2D eigenvalue weighted by Gasteiger charge is -2.32. The van der Waals surface area contributed by atoms with E-state index < -0.39 is 0 Å². The summed E-state index contributed by atoms with van der Waals surface area (Å²) in [5.74, 6) is 0.766. The van der Waals surface area contributed by atoms with E-state index in [2.05, 4.69) is 11.9 Å². The molecule has 2 atom stereocenters. The Bertz CT molecular complexity index is 766. The summed E-state index contributed by atoms with van der Waals surface area (Å²) in [6, 6.07) is 6.43. The molecule has 130 valence electrons. The summed E-state index contributed by atoms with van der Waals surface area (Å²) in [6.45, 7) is 8.86. The first-order valence-electron chi connectivity index (χ1n) is 9.27. The van der Waals surface area contributed by atoms with Crippen molar-refractivity contribution in [2.24, 2.45) is 0 Å². The fraction of sp³-hybridized carbons (Fsp3) is 0.550. The normalized spacial score (nSPS) is 21.1. The van der Waals surface area contributed by atoms with Crippen molar-refractivity contribution < 1.29 is 9.64 Å². The topological polar surface area (TPSA) is 46.5 Å². The number of benzene rings is 1. The summed E-state index contributed by atoms with van der Waals surface area (Å²) in [4.78, 5) is 18.1. The number of pyridine rings is 1. The number of hydrogen-bond donors (Lipinski definition) is 2. The van der Waals surface area contributed by atoms with Gasteiger partial charge in [0.2, 0.25) is 0 Å². The SMILES string of the molecule is CCOc1ccc2[nH]c(C)c(C[NH+]3CCCC[C@@H]3CC)c(=O)c2c1. The standard InChI is InChI=1S/C20H28N2O2/c1-4-15-8-6-7-11-22(15)13-18-14(3)21-19-10-9-16(24-5-2)12-17(19)20(18)23/h9-10,12,15H,4-8,11,13H2,1-3H3,(H,21,23)/p+1/t15-/m0/s1. The maximum Gasteiger partial charge on any atom is 0.198 e. The van der Waals surface area contributed by atoms with Gasteiger partial charge in [-0.05, 0) is 57.7 Å². The smallest absolute Gasteiger partial charge is 0.198 e. The summed E-state index contributed by atoms with van der Waals surface area (Å²) in [7, 11) is 0. The number of piperidine rings is 1. The molecule has 2 aromatic rings. The van der Waals surface area contributed by atoms with Crippen LogP contribution in [0.15, 0.2) is 23.0 Å². The molecule has 1 saturated heterocycles. The number of H-pyrrole nitrogens is 1. The summed E-state index contributed by atoms with van der Waals surface area (Å²) in [6.07, 6.45) is 5.07. The van der Waals surface area contributed by atoms with Crippen LogP contribution in [0.3, 0.4) is 0 Å². The van der Waals surface area contributed by atoms with Crippen molar-refractivity contribution in [3.8, 4) is 5.75 Å². The van der Waals surface area contributed by atoms with Gasteiger partial charge in [-0.25, -0.2) is 0 Å². The molecule has 1 aromatic heterocycles. The molecule has 2 N–H and O–H groups in total. The Labute approximate surface area is 143 Å². The Kier molecular flexibility index (Phi) is 5.24. The molecular weight excluding hydrogens is 300 g/mol. The minimum Gasteiger partial charge on any atom is -0.494 e. The number of fused-ring (bicyclic) bond motifs is 1. The molecule has 1 aliphatic heterocycles. The third kappa shape index (κ3) is 3.34. The van der Waals surface area contributed by atoms with Crippen LogP contribution >= 0.6 is 0 Å². The second-order valence-electron chi connectivity index (χ2n) is 6.88. The van der Waals surface area contributed by atoms with Gasteiger partial charge in [-0.2, -0.15) is 0 Å². The predicted octanol–water partition coefficient (Wildman–Crippen LogP) is 2.58. The molecule has 0 bridgehead atoms. The largest absolute Gasteiger partial charge is 0.494 e. The number of aromatic amines is 1. The van der Waals surface area contributed by atoms with E-state index in [4.69, 9.17) is 4.74 Å². The predicted molar refractivity (Wildman–Crippen MR) is 97.9 cm³/mol.